The molecule has 0 saturated heterocycles. The van der Waals surface area contributed by atoms with Crippen molar-refractivity contribution in [2.75, 3.05) is 9.80 Å². The first-order valence-electron chi connectivity index (χ1n) is 17.5. The van der Waals surface area contributed by atoms with Crippen molar-refractivity contribution < 1.29 is 0 Å². The Labute approximate surface area is 307 Å². The van der Waals surface area contributed by atoms with Crippen LogP contribution in [0.5, 0.6) is 0 Å². The van der Waals surface area contributed by atoms with Crippen LogP contribution in [0.3, 0.4) is 0 Å². The number of allylic oxidation sites excluding steroid dienone is 2. The Morgan fingerprint density at radius 1 is 0.600 bits per heavy atom. The molecule has 50 heavy (non-hydrogen) atoms. The van der Waals surface area contributed by atoms with Gasteiger partial charge in [0.2, 0.25) is 0 Å². The van der Waals surface area contributed by atoms with Gasteiger partial charge >= 0.3 is 310 Å². The van der Waals surface area contributed by atoms with E-state index in [1.54, 1.807) is 4.91 Å². The molecule has 4 aliphatic rings. The minimum atomic E-state index is 0.173. The van der Waals surface area contributed by atoms with Crippen LogP contribution in [0.15, 0.2) is 154 Å². The van der Waals surface area contributed by atoms with E-state index >= 15 is 0 Å². The van der Waals surface area contributed by atoms with E-state index in [1.165, 1.54) is 105 Å². The van der Waals surface area contributed by atoms with Crippen molar-refractivity contribution in [2.24, 2.45) is 0 Å². The molecule has 0 N–H and O–H groups in total. The summed E-state index contributed by atoms with van der Waals surface area (Å²) in [6.45, 7) is 0.173. The number of nitrogens with zero attached hydrogens (tertiary/aromatic N) is 2. The quantitative estimate of drug-likeness (QED) is 0.167. The molecule has 0 radical (unpaired) electrons. The molecule has 4 heterocycles. The van der Waals surface area contributed by atoms with Crippen LogP contribution in [-0.2, 0) is 0 Å². The molecule has 6 aromatic carbocycles. The fourth-order valence-corrected chi connectivity index (χ4v) is 13.1. The standard InChI is InChI=1S/C44H31BN2S2Se/c1-2-11-30(12-3-1)46-37-16-9-19-42-43(37)45(34-26-29(20-23-41(34)50-42)32-13-8-10-28-24-25-48-44(28)32)33-22-21-31(27-38(33)46)47-35-14-4-6-17-39(35)49-40-18-7-5-15-36(40)47/h1-4,6,8-14,16-17,19-27H,5,7,15,18H2. The number of rotatable bonds is 3. The molecule has 238 valence electrons. The molecule has 1 aliphatic carbocycles. The Morgan fingerprint density at radius 2 is 1.46 bits per heavy atom. The van der Waals surface area contributed by atoms with E-state index in [-0.39, 0.29) is 21.7 Å². The molecule has 0 bridgehead atoms. The molecule has 3 aliphatic heterocycles. The summed E-state index contributed by atoms with van der Waals surface area (Å²) in [6, 6.07) is 50.7. The van der Waals surface area contributed by atoms with Crippen LogP contribution in [0.25, 0.3) is 21.2 Å². The number of hydrogen-bond donors (Lipinski definition) is 0. The zero-order chi connectivity index (χ0) is 32.8. The molecule has 0 fully saturated rings. The van der Waals surface area contributed by atoms with Crippen molar-refractivity contribution in [3.63, 3.8) is 0 Å². The van der Waals surface area contributed by atoms with E-state index in [9.17, 15) is 0 Å². The Hall–Kier alpha value is -4.45. The molecule has 11 rings (SSSR count). The van der Waals surface area contributed by atoms with Gasteiger partial charge in [-0.3, -0.25) is 0 Å². The molecule has 6 heteroatoms. The second-order valence-corrected chi connectivity index (χ2v) is 17.8. The Bertz CT molecular complexity index is 2540. The second kappa shape index (κ2) is 11.5. The molecule has 0 saturated carbocycles. The molecule has 2 nitrogen and oxygen atoms in total. The summed E-state index contributed by atoms with van der Waals surface area (Å²) in [6.07, 6.45) is 4.82. The zero-order valence-corrected chi connectivity index (χ0v) is 30.7. The van der Waals surface area contributed by atoms with E-state index in [4.69, 9.17) is 0 Å². The minimum absolute atomic E-state index is 0.173. The van der Waals surface area contributed by atoms with Gasteiger partial charge in [0, 0.05) is 0 Å². The van der Waals surface area contributed by atoms with Crippen LogP contribution < -0.4 is 35.1 Å². The predicted octanol–water partition coefficient (Wildman–Crippen LogP) is 8.87. The molecular weight excluding hydrogens is 710 g/mol. The van der Waals surface area contributed by atoms with Crippen LogP contribution in [0.2, 0.25) is 0 Å². The van der Waals surface area contributed by atoms with Crippen LogP contribution in [0.1, 0.15) is 25.7 Å². The van der Waals surface area contributed by atoms with Crippen molar-refractivity contribution >= 4 is 109 Å². The number of thiophene rings is 1. The van der Waals surface area contributed by atoms with Crippen LogP contribution >= 0.6 is 23.1 Å². The van der Waals surface area contributed by atoms with E-state index in [1.807, 2.05) is 23.1 Å². The summed E-state index contributed by atoms with van der Waals surface area (Å²) < 4.78 is 4.36. The third-order valence-electron chi connectivity index (χ3n) is 10.7. The van der Waals surface area contributed by atoms with Gasteiger partial charge in [-0.2, -0.15) is 0 Å². The summed E-state index contributed by atoms with van der Waals surface area (Å²) in [4.78, 5) is 8.04. The van der Waals surface area contributed by atoms with E-state index < -0.39 is 0 Å². The second-order valence-electron chi connectivity index (χ2n) is 13.5. The predicted molar refractivity (Wildman–Crippen MR) is 218 cm³/mol. The van der Waals surface area contributed by atoms with Crippen LogP contribution in [0.4, 0.5) is 28.4 Å². The first-order valence-corrected chi connectivity index (χ1v) is 20.9. The number of benzene rings is 6. The Balaban J connectivity index is 1.15. The fourth-order valence-electron chi connectivity index (χ4n) is 8.56. The number of para-hydroxylation sites is 2. The summed E-state index contributed by atoms with van der Waals surface area (Å²) in [5.74, 6) is 0. The van der Waals surface area contributed by atoms with Crippen molar-refractivity contribution in [3.05, 3.63) is 149 Å². The number of hydrogen-bond acceptors (Lipinski definition) is 4. The average molecular weight is 742 g/mol. The van der Waals surface area contributed by atoms with Gasteiger partial charge in [-0.25, -0.2) is 0 Å². The van der Waals surface area contributed by atoms with Crippen molar-refractivity contribution in [1.82, 2.24) is 0 Å². The van der Waals surface area contributed by atoms with Gasteiger partial charge in [-0.1, -0.05) is 0 Å². The van der Waals surface area contributed by atoms with Gasteiger partial charge in [0.25, 0.3) is 0 Å². The van der Waals surface area contributed by atoms with Gasteiger partial charge in [0.1, 0.15) is 0 Å². The third-order valence-corrected chi connectivity index (χ3v) is 15.4. The van der Waals surface area contributed by atoms with Gasteiger partial charge in [-0.05, 0) is 0 Å². The fraction of sp³-hybridized carbons (Fsp3) is 0.0909. The molecule has 0 unspecified atom stereocenters. The zero-order valence-electron chi connectivity index (χ0n) is 27.3. The first kappa shape index (κ1) is 29.3. The Kier molecular flexibility index (Phi) is 6.77. The topological polar surface area (TPSA) is 6.48 Å². The normalized spacial score (nSPS) is 15.7. The maximum absolute atomic E-state index is 2.59. The van der Waals surface area contributed by atoms with Crippen LogP contribution in [-0.4, -0.2) is 21.7 Å². The molecule has 0 spiro atoms. The first-order chi connectivity index (χ1) is 24.8. The van der Waals surface area contributed by atoms with Crippen LogP contribution in [0, 0.1) is 0 Å². The molecule has 0 amide bonds. The number of anilines is 5. The molecule has 7 aromatic rings. The SMILES string of the molecule is c1ccc(N2c3cc(N4C5=C(CCCC5)Sc5ccccc54)ccc3B3c4cc(-c5cccc6ccsc56)ccc4[Se]c4cccc2c43)cc1. The monoisotopic (exact) mass is 742 g/mol. The summed E-state index contributed by atoms with van der Waals surface area (Å²) in [5, 5.41) is 3.54. The van der Waals surface area contributed by atoms with E-state index in [2.05, 4.69) is 149 Å². The summed E-state index contributed by atoms with van der Waals surface area (Å²) >= 11 is 4.06. The average Bonchev–Trinajstić information content (AvgIpc) is 3.66. The maximum atomic E-state index is 2.59. The van der Waals surface area contributed by atoms with Gasteiger partial charge < -0.3 is 0 Å². The number of thioether (sulfide) groups is 1. The van der Waals surface area contributed by atoms with Gasteiger partial charge in [0.05, 0.1) is 0 Å². The molecule has 1 aromatic heterocycles. The van der Waals surface area contributed by atoms with E-state index in [0.29, 0.717) is 0 Å². The van der Waals surface area contributed by atoms with Crippen molar-refractivity contribution in [2.45, 2.75) is 30.6 Å². The number of fused-ring (bicyclic) bond motifs is 6. The Morgan fingerprint density at radius 3 is 2.42 bits per heavy atom. The van der Waals surface area contributed by atoms with Gasteiger partial charge in [0.15, 0.2) is 0 Å². The van der Waals surface area contributed by atoms with Crippen molar-refractivity contribution in [3.8, 4) is 11.1 Å². The van der Waals surface area contributed by atoms with Crippen molar-refractivity contribution in [1.29, 1.82) is 0 Å². The third kappa shape index (κ3) is 4.42. The van der Waals surface area contributed by atoms with Gasteiger partial charge in [-0.15, -0.1) is 0 Å². The summed E-state index contributed by atoms with van der Waals surface area (Å²) in [7, 11) is 0. The summed E-state index contributed by atoms with van der Waals surface area (Å²) in [5.41, 5.74) is 14.8. The molecular formula is C44H31BN2S2Se. The van der Waals surface area contributed by atoms with E-state index in [0.717, 1.165) is 6.42 Å². The molecule has 0 atom stereocenters.